The Morgan fingerprint density at radius 3 is 2.22 bits per heavy atom. The molecule has 1 heterocycles. The van der Waals surface area contributed by atoms with E-state index in [9.17, 15) is 13.6 Å². The van der Waals surface area contributed by atoms with Crippen LogP contribution in [0.4, 0.5) is 8.78 Å². The predicted octanol–water partition coefficient (Wildman–Crippen LogP) is 5.55. The summed E-state index contributed by atoms with van der Waals surface area (Å²) >= 11 is 1.50. The van der Waals surface area contributed by atoms with E-state index in [0.717, 1.165) is 33.3 Å². The molecule has 0 bridgehead atoms. The highest BCUT2D eigenvalue weighted by molar-refractivity contribution is 7.15. The van der Waals surface area contributed by atoms with Crippen molar-refractivity contribution in [3.8, 4) is 27.8 Å². The third-order valence-electron chi connectivity index (χ3n) is 5.47. The van der Waals surface area contributed by atoms with Gasteiger partial charge in [0.1, 0.15) is 16.5 Å². The Bertz CT molecular complexity index is 1170. The Kier molecular flexibility index (Phi) is 10.2. The average molecular weight is 536 g/mol. The van der Waals surface area contributed by atoms with Gasteiger partial charge < -0.3 is 23.7 Å². The molecule has 1 aromatic heterocycles. The van der Waals surface area contributed by atoms with Crippen LogP contribution in [-0.2, 0) is 27.1 Å². The van der Waals surface area contributed by atoms with Crippen molar-refractivity contribution in [2.45, 2.75) is 39.7 Å². The number of carbonyl (C=O) groups is 1. The van der Waals surface area contributed by atoms with Gasteiger partial charge in [0.15, 0.2) is 23.5 Å². The van der Waals surface area contributed by atoms with E-state index in [1.54, 1.807) is 34.1 Å². The Morgan fingerprint density at radius 1 is 1.00 bits per heavy atom. The van der Waals surface area contributed by atoms with Gasteiger partial charge in [0, 0.05) is 36.0 Å². The number of carbonyl (C=O) groups excluding carboxylic acids is 1. The molecule has 0 N–H and O–H groups in total. The fourth-order valence-corrected chi connectivity index (χ4v) is 4.64. The number of thiazole rings is 1. The summed E-state index contributed by atoms with van der Waals surface area (Å²) in [5.41, 5.74) is 1.88. The van der Waals surface area contributed by atoms with Crippen LogP contribution in [0.1, 0.15) is 30.0 Å². The lowest BCUT2D eigenvalue weighted by Crippen LogP contribution is -2.29. The molecule has 0 spiro atoms. The van der Waals surface area contributed by atoms with E-state index in [2.05, 4.69) is 4.98 Å². The summed E-state index contributed by atoms with van der Waals surface area (Å²) in [5, 5.41) is 0.775. The molecule has 10 heteroatoms. The van der Waals surface area contributed by atoms with E-state index in [-0.39, 0.29) is 31.8 Å². The van der Waals surface area contributed by atoms with Crippen molar-refractivity contribution in [2.24, 2.45) is 0 Å². The van der Waals surface area contributed by atoms with Crippen molar-refractivity contribution in [1.82, 2.24) is 4.98 Å². The molecule has 0 saturated carbocycles. The zero-order valence-corrected chi connectivity index (χ0v) is 22.4. The van der Waals surface area contributed by atoms with Crippen molar-refractivity contribution >= 4 is 17.3 Å². The highest BCUT2D eigenvalue weighted by Gasteiger charge is 2.23. The number of aryl methyl sites for hydroxylation is 1. The molecule has 0 aliphatic rings. The maximum atomic E-state index is 14.7. The van der Waals surface area contributed by atoms with Gasteiger partial charge in [-0.1, -0.05) is 0 Å². The van der Waals surface area contributed by atoms with Gasteiger partial charge in [0.05, 0.1) is 33.1 Å². The standard InChI is InChI=1S/C27H31F2NO6S/c1-6-34-24(27(31)35-7-2)12-17-10-21(28)25(22(29)11-17)36-9-8-23-16(3)37-26(30-23)18-13-19(32-4)15-20(14-18)33-5/h10-11,13-15,24H,6-9,12H2,1-5H3. The number of rotatable bonds is 13. The molecule has 0 radical (unpaired) electrons. The molecule has 2 aromatic carbocycles. The van der Waals surface area contributed by atoms with Gasteiger partial charge >= 0.3 is 5.97 Å². The SMILES string of the molecule is CCOC(=O)C(Cc1cc(F)c(OCCc2nc(-c3cc(OC)cc(OC)c3)sc2C)c(F)c1)OCC. The number of esters is 1. The Balaban J connectivity index is 1.68. The first-order chi connectivity index (χ1) is 17.8. The third kappa shape index (κ3) is 7.39. The second-order valence-corrected chi connectivity index (χ2v) is 9.21. The number of hydrogen-bond donors (Lipinski definition) is 0. The molecule has 37 heavy (non-hydrogen) atoms. The lowest BCUT2D eigenvalue weighted by atomic mass is 10.1. The fourth-order valence-electron chi connectivity index (χ4n) is 3.69. The smallest absolute Gasteiger partial charge is 0.335 e. The number of ether oxygens (including phenoxy) is 5. The summed E-state index contributed by atoms with van der Waals surface area (Å²) in [7, 11) is 3.16. The molecule has 0 saturated heterocycles. The van der Waals surface area contributed by atoms with Gasteiger partial charge in [-0.25, -0.2) is 18.6 Å². The molecular formula is C27H31F2NO6S. The average Bonchev–Trinajstić information content (AvgIpc) is 3.25. The summed E-state index contributed by atoms with van der Waals surface area (Å²) in [6.07, 6.45) is -0.599. The first-order valence-corrected chi connectivity index (χ1v) is 12.7. The lowest BCUT2D eigenvalue weighted by Gasteiger charge is -2.16. The van der Waals surface area contributed by atoms with Gasteiger partial charge in [-0.3, -0.25) is 0 Å². The van der Waals surface area contributed by atoms with Crippen molar-refractivity contribution in [3.05, 3.63) is 58.1 Å². The van der Waals surface area contributed by atoms with E-state index in [4.69, 9.17) is 23.7 Å². The van der Waals surface area contributed by atoms with Crippen LogP contribution in [0.15, 0.2) is 30.3 Å². The quantitative estimate of drug-likeness (QED) is 0.266. The minimum atomic E-state index is -0.943. The number of aromatic nitrogens is 1. The van der Waals surface area contributed by atoms with Crippen molar-refractivity contribution < 1.29 is 37.3 Å². The van der Waals surface area contributed by atoms with E-state index in [0.29, 0.717) is 17.9 Å². The third-order valence-corrected chi connectivity index (χ3v) is 6.53. The zero-order valence-electron chi connectivity index (χ0n) is 21.6. The molecule has 3 aromatic rings. The molecule has 7 nitrogen and oxygen atoms in total. The van der Waals surface area contributed by atoms with Crippen LogP contribution < -0.4 is 14.2 Å². The predicted molar refractivity (Wildman–Crippen MR) is 137 cm³/mol. The van der Waals surface area contributed by atoms with Crippen LogP contribution >= 0.6 is 11.3 Å². The minimum absolute atomic E-state index is 0.0172. The molecule has 200 valence electrons. The molecule has 0 aliphatic carbocycles. The summed E-state index contributed by atoms with van der Waals surface area (Å²) in [5.74, 6) is -1.46. The molecule has 0 amide bonds. The monoisotopic (exact) mass is 535 g/mol. The Labute approximate surface area is 219 Å². The zero-order chi connectivity index (χ0) is 26.9. The highest BCUT2D eigenvalue weighted by atomic mass is 32.1. The van der Waals surface area contributed by atoms with Crippen LogP contribution in [-0.4, -0.2) is 51.1 Å². The van der Waals surface area contributed by atoms with Crippen LogP contribution in [0, 0.1) is 18.6 Å². The van der Waals surface area contributed by atoms with Crippen LogP contribution in [0.5, 0.6) is 17.2 Å². The largest absolute Gasteiger partial charge is 0.497 e. The van der Waals surface area contributed by atoms with Crippen LogP contribution in [0.2, 0.25) is 0 Å². The Morgan fingerprint density at radius 2 is 1.65 bits per heavy atom. The number of halogens is 2. The van der Waals surface area contributed by atoms with Crippen LogP contribution in [0.3, 0.4) is 0 Å². The van der Waals surface area contributed by atoms with E-state index in [1.807, 2.05) is 19.1 Å². The molecule has 0 aliphatic heterocycles. The van der Waals surface area contributed by atoms with Crippen molar-refractivity contribution in [2.75, 3.05) is 34.0 Å². The van der Waals surface area contributed by atoms with Crippen LogP contribution in [0.25, 0.3) is 10.6 Å². The Hall–Kier alpha value is -3.24. The van der Waals surface area contributed by atoms with Crippen molar-refractivity contribution in [3.63, 3.8) is 0 Å². The first kappa shape index (κ1) is 28.3. The first-order valence-electron chi connectivity index (χ1n) is 11.9. The minimum Gasteiger partial charge on any atom is -0.497 e. The summed E-state index contributed by atoms with van der Waals surface area (Å²) in [4.78, 5) is 17.7. The van der Waals surface area contributed by atoms with Gasteiger partial charge in [-0.15, -0.1) is 11.3 Å². The fraction of sp³-hybridized carbons (Fsp3) is 0.407. The van der Waals surface area contributed by atoms with E-state index < -0.39 is 29.5 Å². The van der Waals surface area contributed by atoms with Gasteiger partial charge in [-0.2, -0.15) is 0 Å². The molecule has 1 unspecified atom stereocenters. The van der Waals surface area contributed by atoms with Gasteiger partial charge in [0.2, 0.25) is 0 Å². The molecule has 1 atom stereocenters. The molecule has 0 fully saturated rings. The molecule has 3 rings (SSSR count). The highest BCUT2D eigenvalue weighted by Crippen LogP contribution is 2.34. The van der Waals surface area contributed by atoms with Crippen molar-refractivity contribution in [1.29, 1.82) is 0 Å². The lowest BCUT2D eigenvalue weighted by molar-refractivity contribution is -0.156. The number of hydrogen-bond acceptors (Lipinski definition) is 8. The summed E-state index contributed by atoms with van der Waals surface area (Å²) in [6, 6.07) is 7.80. The van der Waals surface area contributed by atoms with E-state index in [1.165, 1.54) is 11.3 Å². The number of benzene rings is 2. The number of nitrogens with zero attached hydrogens (tertiary/aromatic N) is 1. The second-order valence-electron chi connectivity index (χ2n) is 8.01. The summed E-state index contributed by atoms with van der Waals surface area (Å²) in [6.45, 7) is 5.82. The topological polar surface area (TPSA) is 76.1 Å². The number of methoxy groups -OCH3 is 2. The van der Waals surface area contributed by atoms with Gasteiger partial charge in [-0.05, 0) is 50.6 Å². The maximum Gasteiger partial charge on any atom is 0.335 e. The van der Waals surface area contributed by atoms with Gasteiger partial charge in [0.25, 0.3) is 0 Å². The van der Waals surface area contributed by atoms with E-state index >= 15 is 0 Å². The second kappa shape index (κ2) is 13.3. The normalized spacial score (nSPS) is 11.8. The molecular weight excluding hydrogens is 504 g/mol. The summed E-state index contributed by atoms with van der Waals surface area (Å²) < 4.78 is 55.9. The maximum absolute atomic E-state index is 14.7.